The number of carbonyl (C=O) groups is 1. The summed E-state index contributed by atoms with van der Waals surface area (Å²) in [5.41, 5.74) is 4.20. The predicted octanol–water partition coefficient (Wildman–Crippen LogP) is 4.60. The summed E-state index contributed by atoms with van der Waals surface area (Å²) >= 11 is 5.85. The van der Waals surface area contributed by atoms with Crippen molar-refractivity contribution in [3.63, 3.8) is 0 Å². The zero-order valence-electron chi connectivity index (χ0n) is 13.9. The average molecular weight is 358 g/mol. The molecular formula is C19H17ClFN3O. The van der Waals surface area contributed by atoms with Crippen molar-refractivity contribution in [1.29, 1.82) is 0 Å². The molecule has 0 fully saturated rings. The summed E-state index contributed by atoms with van der Waals surface area (Å²) < 4.78 is 14.9. The average Bonchev–Trinajstić information content (AvgIpc) is 3.02. The lowest BCUT2D eigenvalue weighted by molar-refractivity contribution is -0.116. The van der Waals surface area contributed by atoms with E-state index in [1.54, 1.807) is 23.0 Å². The molecular weight excluding hydrogens is 341 g/mol. The van der Waals surface area contributed by atoms with E-state index in [9.17, 15) is 9.18 Å². The van der Waals surface area contributed by atoms with Crippen LogP contribution in [0, 0.1) is 19.7 Å². The molecule has 2 aromatic carbocycles. The number of para-hydroxylation sites is 1. The van der Waals surface area contributed by atoms with Gasteiger partial charge in [-0.2, -0.15) is 5.10 Å². The summed E-state index contributed by atoms with van der Waals surface area (Å²) in [6.07, 6.45) is 1.60. The summed E-state index contributed by atoms with van der Waals surface area (Å²) in [5, 5.41) is 7.15. The van der Waals surface area contributed by atoms with Crippen LogP contribution in [0.25, 0.3) is 11.3 Å². The van der Waals surface area contributed by atoms with Crippen LogP contribution in [-0.2, 0) is 11.3 Å². The highest BCUT2D eigenvalue weighted by Crippen LogP contribution is 2.25. The van der Waals surface area contributed by atoms with Gasteiger partial charge in [0.2, 0.25) is 5.91 Å². The van der Waals surface area contributed by atoms with Crippen LogP contribution in [0.4, 0.5) is 10.1 Å². The lowest BCUT2D eigenvalue weighted by Gasteiger charge is -2.13. The molecule has 0 saturated heterocycles. The summed E-state index contributed by atoms with van der Waals surface area (Å²) in [6, 6.07) is 12.0. The Bertz CT molecular complexity index is 916. The highest BCUT2D eigenvalue weighted by Gasteiger charge is 2.13. The molecule has 0 unspecified atom stereocenters. The van der Waals surface area contributed by atoms with Crippen LogP contribution in [0.3, 0.4) is 0 Å². The highest BCUT2D eigenvalue weighted by molar-refractivity contribution is 6.31. The third-order valence-corrected chi connectivity index (χ3v) is 4.26. The Balaban J connectivity index is 1.81. The molecule has 0 atom stereocenters. The van der Waals surface area contributed by atoms with Crippen molar-refractivity contribution in [2.75, 3.05) is 5.32 Å². The number of benzene rings is 2. The predicted molar refractivity (Wildman–Crippen MR) is 97.2 cm³/mol. The first-order valence-electron chi connectivity index (χ1n) is 7.79. The number of halogens is 2. The summed E-state index contributed by atoms with van der Waals surface area (Å²) in [5.74, 6) is -0.667. The molecule has 0 bridgehead atoms. The number of hydrogen-bond acceptors (Lipinski definition) is 2. The Hall–Kier alpha value is -2.66. The van der Waals surface area contributed by atoms with Crippen molar-refractivity contribution < 1.29 is 9.18 Å². The molecule has 0 saturated carbocycles. The maximum Gasteiger partial charge on any atom is 0.246 e. The number of aromatic nitrogens is 2. The molecule has 128 valence electrons. The van der Waals surface area contributed by atoms with Crippen LogP contribution in [-0.4, -0.2) is 15.7 Å². The van der Waals surface area contributed by atoms with Crippen LogP contribution >= 0.6 is 11.6 Å². The van der Waals surface area contributed by atoms with E-state index in [0.29, 0.717) is 11.3 Å². The van der Waals surface area contributed by atoms with Gasteiger partial charge in [-0.1, -0.05) is 29.8 Å². The molecule has 1 heterocycles. The number of hydrogen-bond donors (Lipinski definition) is 1. The minimum atomic E-state index is -0.482. The second-order valence-corrected chi connectivity index (χ2v) is 6.23. The van der Waals surface area contributed by atoms with Crippen LogP contribution in [0.2, 0.25) is 5.02 Å². The standard InChI is InChI=1S/C19H17ClFN3O/c1-12-4-3-5-13(2)19(12)23-18(25)11-24-17(8-9-22-24)14-6-7-16(21)15(20)10-14/h3-10H,11H2,1-2H3,(H,23,25). The van der Waals surface area contributed by atoms with E-state index in [1.165, 1.54) is 12.1 Å². The smallest absolute Gasteiger partial charge is 0.246 e. The third-order valence-electron chi connectivity index (χ3n) is 3.97. The third kappa shape index (κ3) is 3.72. The van der Waals surface area contributed by atoms with Gasteiger partial charge in [0.15, 0.2) is 0 Å². The fourth-order valence-electron chi connectivity index (χ4n) is 2.69. The van der Waals surface area contributed by atoms with E-state index >= 15 is 0 Å². The molecule has 1 aromatic heterocycles. The number of amides is 1. The van der Waals surface area contributed by atoms with Gasteiger partial charge >= 0.3 is 0 Å². The second-order valence-electron chi connectivity index (χ2n) is 5.82. The molecule has 0 aliphatic carbocycles. The molecule has 0 spiro atoms. The molecule has 4 nitrogen and oxygen atoms in total. The highest BCUT2D eigenvalue weighted by atomic mass is 35.5. The molecule has 1 N–H and O–H groups in total. The summed E-state index contributed by atoms with van der Waals surface area (Å²) in [6.45, 7) is 3.94. The van der Waals surface area contributed by atoms with Crippen molar-refractivity contribution in [2.24, 2.45) is 0 Å². The SMILES string of the molecule is Cc1cccc(C)c1NC(=O)Cn1nccc1-c1ccc(F)c(Cl)c1. The molecule has 0 aliphatic rings. The van der Waals surface area contributed by atoms with E-state index < -0.39 is 5.82 Å². The van der Waals surface area contributed by atoms with Crippen molar-refractivity contribution in [2.45, 2.75) is 20.4 Å². The molecule has 0 radical (unpaired) electrons. The van der Waals surface area contributed by atoms with Crippen molar-refractivity contribution in [3.8, 4) is 11.3 Å². The number of rotatable bonds is 4. The van der Waals surface area contributed by atoms with E-state index in [0.717, 1.165) is 16.8 Å². The normalized spacial score (nSPS) is 10.7. The maximum absolute atomic E-state index is 13.4. The molecule has 1 amide bonds. The quantitative estimate of drug-likeness (QED) is 0.741. The van der Waals surface area contributed by atoms with E-state index in [2.05, 4.69) is 10.4 Å². The molecule has 0 aliphatic heterocycles. The van der Waals surface area contributed by atoms with Gasteiger partial charge in [-0.3, -0.25) is 9.48 Å². The van der Waals surface area contributed by atoms with E-state index in [1.807, 2.05) is 32.0 Å². The van der Waals surface area contributed by atoms with Gasteiger partial charge in [-0.25, -0.2) is 4.39 Å². The Kier molecular flexibility index (Phi) is 4.86. The van der Waals surface area contributed by atoms with Gasteiger partial charge in [-0.15, -0.1) is 0 Å². The van der Waals surface area contributed by atoms with E-state index in [4.69, 9.17) is 11.6 Å². The Morgan fingerprint density at radius 1 is 1.20 bits per heavy atom. The zero-order chi connectivity index (χ0) is 18.0. The Morgan fingerprint density at radius 2 is 1.92 bits per heavy atom. The first-order valence-corrected chi connectivity index (χ1v) is 8.17. The lowest BCUT2D eigenvalue weighted by atomic mass is 10.1. The van der Waals surface area contributed by atoms with E-state index in [-0.39, 0.29) is 17.5 Å². The van der Waals surface area contributed by atoms with Crippen LogP contribution in [0.1, 0.15) is 11.1 Å². The molecule has 3 aromatic rings. The Labute approximate surface area is 150 Å². The number of nitrogens with zero attached hydrogens (tertiary/aromatic N) is 2. The minimum Gasteiger partial charge on any atom is -0.324 e. The fraction of sp³-hybridized carbons (Fsp3) is 0.158. The topological polar surface area (TPSA) is 46.9 Å². The van der Waals surface area contributed by atoms with Gasteiger partial charge in [0, 0.05) is 17.4 Å². The summed E-state index contributed by atoms with van der Waals surface area (Å²) in [7, 11) is 0. The largest absolute Gasteiger partial charge is 0.324 e. The van der Waals surface area contributed by atoms with Crippen LogP contribution in [0.15, 0.2) is 48.7 Å². The molecule has 6 heteroatoms. The van der Waals surface area contributed by atoms with Crippen LogP contribution < -0.4 is 5.32 Å². The van der Waals surface area contributed by atoms with Gasteiger partial charge in [0.05, 0.1) is 10.7 Å². The van der Waals surface area contributed by atoms with Gasteiger partial charge < -0.3 is 5.32 Å². The molecule has 25 heavy (non-hydrogen) atoms. The number of aryl methyl sites for hydroxylation is 2. The monoisotopic (exact) mass is 357 g/mol. The van der Waals surface area contributed by atoms with Gasteiger partial charge in [-0.05, 0) is 49.2 Å². The lowest BCUT2D eigenvalue weighted by Crippen LogP contribution is -2.21. The zero-order valence-corrected chi connectivity index (χ0v) is 14.6. The number of carbonyl (C=O) groups excluding carboxylic acids is 1. The van der Waals surface area contributed by atoms with Crippen molar-refractivity contribution in [1.82, 2.24) is 9.78 Å². The Morgan fingerprint density at radius 3 is 2.60 bits per heavy atom. The minimum absolute atomic E-state index is 0.0326. The van der Waals surface area contributed by atoms with Crippen molar-refractivity contribution >= 4 is 23.2 Å². The van der Waals surface area contributed by atoms with Gasteiger partial charge in [0.1, 0.15) is 12.4 Å². The maximum atomic E-state index is 13.4. The molecule has 3 rings (SSSR count). The first-order chi connectivity index (χ1) is 12.0. The fourth-order valence-corrected chi connectivity index (χ4v) is 2.87. The van der Waals surface area contributed by atoms with Gasteiger partial charge in [0.25, 0.3) is 0 Å². The number of nitrogens with one attached hydrogen (secondary N) is 1. The van der Waals surface area contributed by atoms with Crippen molar-refractivity contribution in [3.05, 3.63) is 70.6 Å². The second kappa shape index (κ2) is 7.07. The first kappa shape index (κ1) is 17.2. The summed E-state index contributed by atoms with van der Waals surface area (Å²) in [4.78, 5) is 12.4. The number of anilines is 1. The van der Waals surface area contributed by atoms with Crippen LogP contribution in [0.5, 0.6) is 0 Å².